The van der Waals surface area contributed by atoms with Crippen molar-refractivity contribution in [2.75, 3.05) is 5.33 Å². The van der Waals surface area contributed by atoms with Crippen LogP contribution in [0.4, 0.5) is 0 Å². The number of hydrogen-bond acceptors (Lipinski definition) is 3. The monoisotopic (exact) mass is 356 g/mol. The highest BCUT2D eigenvalue weighted by Crippen LogP contribution is 2.13. The SMILES string of the molecule is O=c1c2ccsc2ncn1CCCCCCCCCBr. The molecule has 5 heteroatoms. The van der Waals surface area contributed by atoms with Gasteiger partial charge in [0.2, 0.25) is 0 Å². The first-order valence-electron chi connectivity index (χ1n) is 7.31. The predicted octanol–water partition coefficient (Wildman–Crippen LogP) is 4.58. The lowest BCUT2D eigenvalue weighted by molar-refractivity contribution is 0.542. The van der Waals surface area contributed by atoms with Crippen molar-refractivity contribution >= 4 is 37.5 Å². The Hall–Kier alpha value is -0.680. The van der Waals surface area contributed by atoms with E-state index < -0.39 is 0 Å². The quantitative estimate of drug-likeness (QED) is 0.486. The van der Waals surface area contributed by atoms with Crippen LogP contribution in [0.5, 0.6) is 0 Å². The minimum Gasteiger partial charge on any atom is -0.299 e. The van der Waals surface area contributed by atoms with Crippen molar-refractivity contribution in [1.82, 2.24) is 9.55 Å². The van der Waals surface area contributed by atoms with E-state index in [0.29, 0.717) is 0 Å². The second kappa shape index (κ2) is 8.57. The number of hydrogen-bond donors (Lipinski definition) is 0. The highest BCUT2D eigenvalue weighted by Gasteiger charge is 2.04. The average Bonchev–Trinajstić information content (AvgIpc) is 2.93. The normalized spacial score (nSPS) is 11.2. The number of fused-ring (bicyclic) bond motifs is 1. The van der Waals surface area contributed by atoms with E-state index >= 15 is 0 Å². The van der Waals surface area contributed by atoms with Crippen molar-refractivity contribution in [1.29, 1.82) is 0 Å². The molecule has 2 rings (SSSR count). The Labute approximate surface area is 132 Å². The number of unbranched alkanes of at least 4 members (excludes halogenated alkanes) is 6. The second-order valence-corrected chi connectivity index (χ2v) is 6.73. The van der Waals surface area contributed by atoms with Crippen LogP contribution in [0.25, 0.3) is 10.2 Å². The average molecular weight is 357 g/mol. The first-order valence-corrected chi connectivity index (χ1v) is 9.31. The highest BCUT2D eigenvalue weighted by atomic mass is 79.9. The van der Waals surface area contributed by atoms with Crippen LogP contribution in [0.2, 0.25) is 0 Å². The molecule has 0 fully saturated rings. The predicted molar refractivity (Wildman–Crippen MR) is 90.0 cm³/mol. The number of rotatable bonds is 9. The summed E-state index contributed by atoms with van der Waals surface area (Å²) >= 11 is 4.98. The minimum absolute atomic E-state index is 0.105. The molecule has 0 aliphatic carbocycles. The highest BCUT2D eigenvalue weighted by molar-refractivity contribution is 9.09. The maximum Gasteiger partial charge on any atom is 0.262 e. The Morgan fingerprint density at radius 3 is 2.55 bits per heavy atom. The molecule has 2 heterocycles. The van der Waals surface area contributed by atoms with Gasteiger partial charge in [0.05, 0.1) is 11.7 Å². The Kier molecular flexibility index (Phi) is 6.73. The number of halogens is 1. The number of thiophene rings is 1. The molecule has 0 aromatic carbocycles. The molecule has 20 heavy (non-hydrogen) atoms. The Morgan fingerprint density at radius 2 is 1.80 bits per heavy atom. The van der Waals surface area contributed by atoms with Crippen molar-refractivity contribution in [2.45, 2.75) is 51.5 Å². The van der Waals surface area contributed by atoms with E-state index in [1.54, 1.807) is 10.9 Å². The molecule has 110 valence electrons. The summed E-state index contributed by atoms with van der Waals surface area (Å²) in [4.78, 5) is 17.3. The van der Waals surface area contributed by atoms with Crippen LogP contribution >= 0.6 is 27.3 Å². The molecule has 0 spiro atoms. The zero-order chi connectivity index (χ0) is 14.2. The van der Waals surface area contributed by atoms with Gasteiger partial charge in [-0.2, -0.15) is 0 Å². The van der Waals surface area contributed by atoms with E-state index in [9.17, 15) is 4.79 Å². The third-order valence-corrected chi connectivity index (χ3v) is 4.86. The lowest BCUT2D eigenvalue weighted by Crippen LogP contribution is -2.19. The van der Waals surface area contributed by atoms with Gasteiger partial charge in [0.1, 0.15) is 4.83 Å². The van der Waals surface area contributed by atoms with Gasteiger partial charge in [-0.05, 0) is 24.3 Å². The van der Waals surface area contributed by atoms with E-state index in [0.717, 1.165) is 28.5 Å². The van der Waals surface area contributed by atoms with Crippen molar-refractivity contribution < 1.29 is 0 Å². The van der Waals surface area contributed by atoms with Crippen LogP contribution in [0, 0.1) is 0 Å². The van der Waals surface area contributed by atoms with Crippen molar-refractivity contribution in [3.63, 3.8) is 0 Å². The Balaban J connectivity index is 1.71. The standard InChI is InChI=1S/C15H21BrN2OS/c16-9-6-4-2-1-3-5-7-10-18-12-17-14-13(15(18)19)8-11-20-14/h8,11-12H,1-7,9-10H2. The van der Waals surface area contributed by atoms with Gasteiger partial charge >= 0.3 is 0 Å². The molecule has 0 aliphatic rings. The van der Waals surface area contributed by atoms with Gasteiger partial charge in [-0.25, -0.2) is 4.98 Å². The lowest BCUT2D eigenvalue weighted by atomic mass is 10.1. The fourth-order valence-electron chi connectivity index (χ4n) is 2.31. The Morgan fingerprint density at radius 1 is 1.10 bits per heavy atom. The van der Waals surface area contributed by atoms with Crippen molar-refractivity contribution in [3.8, 4) is 0 Å². The molecule has 0 atom stereocenters. The fourth-order valence-corrected chi connectivity index (χ4v) is 3.43. The maximum absolute atomic E-state index is 12.2. The smallest absolute Gasteiger partial charge is 0.262 e. The molecule has 2 aromatic heterocycles. The van der Waals surface area contributed by atoms with E-state index in [-0.39, 0.29) is 5.56 Å². The summed E-state index contributed by atoms with van der Waals surface area (Å²) in [7, 11) is 0. The molecule has 0 N–H and O–H groups in total. The van der Waals surface area contributed by atoms with Gasteiger partial charge in [0.25, 0.3) is 5.56 Å². The van der Waals surface area contributed by atoms with Crippen LogP contribution in [0.3, 0.4) is 0 Å². The van der Waals surface area contributed by atoms with E-state index in [1.807, 2.05) is 11.4 Å². The summed E-state index contributed by atoms with van der Waals surface area (Å²) in [6, 6.07) is 1.87. The Bertz CT molecular complexity index is 579. The maximum atomic E-state index is 12.2. The molecule has 2 aromatic rings. The molecule has 0 bridgehead atoms. The van der Waals surface area contributed by atoms with Gasteiger partial charge in [-0.3, -0.25) is 9.36 Å². The fraction of sp³-hybridized carbons (Fsp3) is 0.600. The third-order valence-electron chi connectivity index (χ3n) is 3.48. The summed E-state index contributed by atoms with van der Waals surface area (Å²) in [5, 5.41) is 3.80. The summed E-state index contributed by atoms with van der Waals surface area (Å²) < 4.78 is 1.75. The topological polar surface area (TPSA) is 34.9 Å². The van der Waals surface area contributed by atoms with Crippen LogP contribution in [0.15, 0.2) is 22.6 Å². The summed E-state index contributed by atoms with van der Waals surface area (Å²) in [5.41, 5.74) is 0.105. The molecular weight excluding hydrogens is 336 g/mol. The minimum atomic E-state index is 0.105. The third kappa shape index (κ3) is 4.42. The second-order valence-electron chi connectivity index (χ2n) is 5.05. The number of aromatic nitrogens is 2. The van der Waals surface area contributed by atoms with Crippen molar-refractivity contribution in [3.05, 3.63) is 28.1 Å². The molecule has 3 nitrogen and oxygen atoms in total. The molecule has 0 aliphatic heterocycles. The lowest BCUT2D eigenvalue weighted by Gasteiger charge is -2.05. The van der Waals surface area contributed by atoms with Crippen LogP contribution in [-0.4, -0.2) is 14.9 Å². The van der Waals surface area contributed by atoms with Gasteiger partial charge in [-0.1, -0.05) is 48.0 Å². The van der Waals surface area contributed by atoms with Gasteiger partial charge in [0.15, 0.2) is 0 Å². The van der Waals surface area contributed by atoms with Gasteiger partial charge in [0, 0.05) is 11.9 Å². The summed E-state index contributed by atoms with van der Waals surface area (Å²) in [6.45, 7) is 0.791. The van der Waals surface area contributed by atoms with E-state index in [4.69, 9.17) is 0 Å². The van der Waals surface area contributed by atoms with Crippen LogP contribution in [0.1, 0.15) is 44.9 Å². The van der Waals surface area contributed by atoms with E-state index in [2.05, 4.69) is 20.9 Å². The van der Waals surface area contributed by atoms with Gasteiger partial charge in [-0.15, -0.1) is 11.3 Å². The van der Waals surface area contributed by atoms with Crippen LogP contribution in [-0.2, 0) is 6.54 Å². The molecule has 0 saturated heterocycles. The number of alkyl halides is 1. The van der Waals surface area contributed by atoms with Crippen LogP contribution < -0.4 is 5.56 Å². The molecule has 0 unspecified atom stereocenters. The first-order chi connectivity index (χ1) is 9.83. The number of nitrogens with zero attached hydrogens (tertiary/aromatic N) is 2. The zero-order valence-corrected chi connectivity index (χ0v) is 14.1. The molecular formula is C15H21BrN2OS. The van der Waals surface area contributed by atoms with E-state index in [1.165, 1.54) is 49.9 Å². The number of aryl methyl sites for hydroxylation is 1. The molecule has 0 saturated carbocycles. The first kappa shape index (κ1) is 15.7. The van der Waals surface area contributed by atoms with Gasteiger partial charge < -0.3 is 0 Å². The molecule has 0 amide bonds. The summed E-state index contributed by atoms with van der Waals surface area (Å²) in [5.74, 6) is 0. The van der Waals surface area contributed by atoms with Crippen molar-refractivity contribution in [2.24, 2.45) is 0 Å². The largest absolute Gasteiger partial charge is 0.299 e. The zero-order valence-electron chi connectivity index (χ0n) is 11.7. The molecule has 0 radical (unpaired) electrons. The summed E-state index contributed by atoms with van der Waals surface area (Å²) in [6.07, 6.45) is 10.5.